The molecule has 0 bridgehead atoms. The van der Waals surface area contributed by atoms with E-state index < -0.39 is 0 Å². The van der Waals surface area contributed by atoms with Crippen molar-refractivity contribution >= 4 is 11.9 Å². The molecule has 0 radical (unpaired) electrons. The van der Waals surface area contributed by atoms with Crippen LogP contribution in [0.25, 0.3) is 0 Å². The van der Waals surface area contributed by atoms with Gasteiger partial charge in [0.15, 0.2) is 0 Å². The lowest BCUT2D eigenvalue weighted by Gasteiger charge is -2.38. The molecule has 0 aromatic rings. The van der Waals surface area contributed by atoms with Gasteiger partial charge in [0.05, 0.1) is 12.5 Å². The minimum Gasteiger partial charge on any atom is -0.464 e. The fourth-order valence-electron chi connectivity index (χ4n) is 3.80. The predicted octanol–water partition coefficient (Wildman–Crippen LogP) is 1.27. The Bertz CT molecular complexity index is 404. The van der Waals surface area contributed by atoms with Crippen LogP contribution in [0.4, 0.5) is 0 Å². The number of likely N-dealkylation sites (tertiary alicyclic amines) is 2. The summed E-state index contributed by atoms with van der Waals surface area (Å²) >= 11 is 0. The van der Waals surface area contributed by atoms with E-state index in [2.05, 4.69) is 11.8 Å². The topological polar surface area (TPSA) is 49.9 Å². The van der Waals surface area contributed by atoms with Crippen LogP contribution in [0.5, 0.6) is 0 Å². The van der Waals surface area contributed by atoms with Crippen molar-refractivity contribution in [3.05, 3.63) is 0 Å². The summed E-state index contributed by atoms with van der Waals surface area (Å²) in [5, 5.41) is 0. The van der Waals surface area contributed by atoms with Crippen molar-refractivity contribution in [2.24, 2.45) is 11.8 Å². The number of nitrogens with zero attached hydrogens (tertiary/aromatic N) is 2. The number of hydrogen-bond acceptors (Lipinski definition) is 4. The smallest absolute Gasteiger partial charge is 0.323 e. The molecule has 0 aliphatic carbocycles. The zero-order chi connectivity index (χ0) is 14.8. The van der Waals surface area contributed by atoms with E-state index in [-0.39, 0.29) is 17.9 Å². The second kappa shape index (κ2) is 6.34. The van der Waals surface area contributed by atoms with Gasteiger partial charge in [-0.15, -0.1) is 0 Å². The van der Waals surface area contributed by atoms with Crippen LogP contribution >= 0.6 is 0 Å². The van der Waals surface area contributed by atoms with Gasteiger partial charge in [-0.25, -0.2) is 0 Å². The molecule has 0 spiro atoms. The first kappa shape index (κ1) is 14.8. The normalized spacial score (nSPS) is 32.2. The summed E-state index contributed by atoms with van der Waals surface area (Å²) in [5.41, 5.74) is 0. The van der Waals surface area contributed by atoms with Gasteiger partial charge in [-0.05, 0) is 38.1 Å². The second-order valence-corrected chi connectivity index (χ2v) is 6.81. The first-order valence-electron chi connectivity index (χ1n) is 8.34. The number of carbonyl (C=O) groups is 2. The maximum Gasteiger partial charge on any atom is 0.323 e. The monoisotopic (exact) mass is 294 g/mol. The van der Waals surface area contributed by atoms with E-state index in [0.717, 1.165) is 64.2 Å². The number of piperidine rings is 2. The molecule has 21 heavy (non-hydrogen) atoms. The molecule has 3 aliphatic heterocycles. The summed E-state index contributed by atoms with van der Waals surface area (Å²) < 4.78 is 5.07. The minimum atomic E-state index is -0.109. The molecule has 2 atom stereocenters. The first-order chi connectivity index (χ1) is 10.1. The van der Waals surface area contributed by atoms with Gasteiger partial charge in [-0.3, -0.25) is 14.5 Å². The van der Waals surface area contributed by atoms with Crippen LogP contribution in [0, 0.1) is 11.8 Å². The molecule has 1 amide bonds. The molecule has 3 aliphatic rings. The van der Waals surface area contributed by atoms with Crippen LogP contribution in [0.3, 0.4) is 0 Å². The molecular formula is C16H26N2O3. The predicted molar refractivity (Wildman–Crippen MR) is 78.6 cm³/mol. The number of carbonyl (C=O) groups excluding carboxylic acids is 2. The van der Waals surface area contributed by atoms with E-state index in [4.69, 9.17) is 4.74 Å². The van der Waals surface area contributed by atoms with Gasteiger partial charge in [0.1, 0.15) is 6.04 Å². The Morgan fingerprint density at radius 1 is 1.14 bits per heavy atom. The maximum atomic E-state index is 12.7. The molecule has 3 rings (SSSR count). The van der Waals surface area contributed by atoms with Gasteiger partial charge in [0.25, 0.3) is 0 Å². The highest BCUT2D eigenvalue weighted by atomic mass is 16.5. The van der Waals surface area contributed by atoms with Gasteiger partial charge in [-0.1, -0.05) is 6.92 Å². The van der Waals surface area contributed by atoms with E-state index >= 15 is 0 Å². The van der Waals surface area contributed by atoms with Gasteiger partial charge in [0, 0.05) is 26.1 Å². The van der Waals surface area contributed by atoms with Gasteiger partial charge >= 0.3 is 5.97 Å². The molecule has 0 aromatic carbocycles. The minimum absolute atomic E-state index is 0.0700. The highest BCUT2D eigenvalue weighted by molar-refractivity contribution is 5.80. The third kappa shape index (κ3) is 3.23. The molecule has 0 N–H and O–H groups in total. The van der Waals surface area contributed by atoms with Crippen LogP contribution in [-0.2, 0) is 14.3 Å². The number of cyclic esters (lactones) is 1. The van der Waals surface area contributed by atoms with Crippen molar-refractivity contribution in [3.8, 4) is 0 Å². The summed E-state index contributed by atoms with van der Waals surface area (Å²) in [4.78, 5) is 28.6. The number of ether oxygens (including phenoxy) is 1. The molecule has 118 valence electrons. The molecule has 0 saturated carbocycles. The van der Waals surface area contributed by atoms with E-state index in [1.165, 1.54) is 0 Å². The van der Waals surface area contributed by atoms with Crippen molar-refractivity contribution in [3.63, 3.8) is 0 Å². The number of rotatable bonds is 2. The second-order valence-electron chi connectivity index (χ2n) is 6.81. The number of amides is 1. The average Bonchev–Trinajstić information content (AvgIpc) is 2.94. The fraction of sp³-hybridized carbons (Fsp3) is 0.875. The molecular weight excluding hydrogens is 268 g/mol. The molecule has 5 heteroatoms. The SMILES string of the molecule is CC1CCN(C(=O)[C@@H]2CCCN([C@H]3CCOC3=O)C2)CC1. The summed E-state index contributed by atoms with van der Waals surface area (Å²) in [7, 11) is 0. The summed E-state index contributed by atoms with van der Waals surface area (Å²) in [6.45, 7) is 6.24. The summed E-state index contributed by atoms with van der Waals surface area (Å²) in [5.74, 6) is 1.01. The Morgan fingerprint density at radius 3 is 2.57 bits per heavy atom. The molecule has 5 nitrogen and oxygen atoms in total. The van der Waals surface area contributed by atoms with E-state index in [9.17, 15) is 9.59 Å². The number of hydrogen-bond donors (Lipinski definition) is 0. The molecule has 3 fully saturated rings. The fourth-order valence-corrected chi connectivity index (χ4v) is 3.80. The average molecular weight is 294 g/mol. The molecule has 0 unspecified atom stereocenters. The van der Waals surface area contributed by atoms with Crippen LogP contribution < -0.4 is 0 Å². The lowest BCUT2D eigenvalue weighted by atomic mass is 9.92. The Morgan fingerprint density at radius 2 is 1.90 bits per heavy atom. The number of esters is 1. The van der Waals surface area contributed by atoms with E-state index in [1.807, 2.05) is 4.90 Å². The van der Waals surface area contributed by atoms with E-state index in [1.54, 1.807) is 0 Å². The van der Waals surface area contributed by atoms with Gasteiger partial charge in [-0.2, -0.15) is 0 Å². The lowest BCUT2D eigenvalue weighted by molar-refractivity contribution is -0.145. The quantitative estimate of drug-likeness (QED) is 0.720. The zero-order valence-corrected chi connectivity index (χ0v) is 12.9. The largest absolute Gasteiger partial charge is 0.464 e. The van der Waals surface area contributed by atoms with Crippen LogP contribution in [0.2, 0.25) is 0 Å². The molecule has 3 heterocycles. The van der Waals surface area contributed by atoms with Crippen molar-refractivity contribution in [2.75, 3.05) is 32.8 Å². The Kier molecular flexibility index (Phi) is 4.48. The summed E-state index contributed by atoms with van der Waals surface area (Å²) in [6, 6.07) is -0.109. The standard InChI is InChI=1S/C16H26N2O3/c1-12-4-8-17(9-5-12)15(19)13-3-2-7-18(11-13)14-6-10-21-16(14)20/h12-14H,2-11H2,1H3/t13-,14+/m1/s1. The van der Waals surface area contributed by atoms with Gasteiger partial charge in [0.2, 0.25) is 5.91 Å². The van der Waals surface area contributed by atoms with E-state index in [0.29, 0.717) is 12.5 Å². The lowest BCUT2D eigenvalue weighted by Crippen LogP contribution is -2.50. The third-order valence-electron chi connectivity index (χ3n) is 5.25. The Hall–Kier alpha value is -1.10. The van der Waals surface area contributed by atoms with Crippen LogP contribution in [0.1, 0.15) is 39.0 Å². The van der Waals surface area contributed by atoms with Crippen molar-refractivity contribution < 1.29 is 14.3 Å². The van der Waals surface area contributed by atoms with Crippen molar-refractivity contribution in [2.45, 2.75) is 45.1 Å². The first-order valence-corrected chi connectivity index (χ1v) is 8.34. The molecule has 0 aromatic heterocycles. The van der Waals surface area contributed by atoms with Crippen LogP contribution in [-0.4, -0.2) is 60.5 Å². The Labute approximate surface area is 126 Å². The highest BCUT2D eigenvalue weighted by Gasteiger charge is 2.38. The molecule has 3 saturated heterocycles. The zero-order valence-electron chi connectivity index (χ0n) is 12.9. The van der Waals surface area contributed by atoms with Crippen LogP contribution in [0.15, 0.2) is 0 Å². The van der Waals surface area contributed by atoms with Gasteiger partial charge < -0.3 is 9.64 Å². The maximum absolute atomic E-state index is 12.7. The Balaban J connectivity index is 1.57. The summed E-state index contributed by atoms with van der Waals surface area (Å²) in [6.07, 6.45) is 4.99. The van der Waals surface area contributed by atoms with Crippen molar-refractivity contribution in [1.29, 1.82) is 0 Å². The van der Waals surface area contributed by atoms with Crippen molar-refractivity contribution in [1.82, 2.24) is 9.80 Å². The third-order valence-corrected chi connectivity index (χ3v) is 5.25. The highest BCUT2D eigenvalue weighted by Crippen LogP contribution is 2.26.